The van der Waals surface area contributed by atoms with Crippen molar-refractivity contribution in [1.82, 2.24) is 4.90 Å². The molecule has 0 saturated carbocycles. The van der Waals surface area contributed by atoms with Gasteiger partial charge in [-0.15, -0.1) is 0 Å². The average Bonchev–Trinajstić information content (AvgIpc) is 2.38. The summed E-state index contributed by atoms with van der Waals surface area (Å²) >= 11 is 0. The first-order valence-electron chi connectivity index (χ1n) is 6.33. The summed E-state index contributed by atoms with van der Waals surface area (Å²) in [6.45, 7) is 5.10. The summed E-state index contributed by atoms with van der Waals surface area (Å²) < 4.78 is 9.66. The normalized spacial score (nSPS) is 16.8. The van der Waals surface area contributed by atoms with Crippen LogP contribution in [0.15, 0.2) is 0 Å². The lowest BCUT2D eigenvalue weighted by Crippen LogP contribution is -2.40. The molecule has 1 heterocycles. The Morgan fingerprint density at radius 3 is 2.39 bits per heavy atom. The zero-order valence-corrected chi connectivity index (χ0v) is 11.1. The van der Waals surface area contributed by atoms with Crippen molar-refractivity contribution in [3.63, 3.8) is 0 Å². The minimum absolute atomic E-state index is 0.219. The largest absolute Gasteiger partial charge is 0.428 e. The molecule has 0 atom stereocenters. The van der Waals surface area contributed by atoms with E-state index in [1.165, 1.54) is 0 Å². The Morgan fingerprint density at radius 1 is 1.28 bits per heavy atom. The van der Waals surface area contributed by atoms with Crippen LogP contribution in [0.25, 0.3) is 0 Å². The zero-order chi connectivity index (χ0) is 13.5. The highest BCUT2D eigenvalue weighted by Gasteiger charge is 2.23. The number of nitrogens with zero attached hydrogens (tertiary/aromatic N) is 1. The molecule has 2 N–H and O–H groups in total. The number of amides is 1. The minimum Gasteiger partial charge on any atom is -0.428 e. The van der Waals surface area contributed by atoms with Crippen molar-refractivity contribution in [2.24, 2.45) is 17.6 Å². The van der Waals surface area contributed by atoms with E-state index in [9.17, 15) is 9.59 Å². The fourth-order valence-corrected chi connectivity index (χ4v) is 1.75. The number of hydrogen-bond donors (Lipinski definition) is 1. The van der Waals surface area contributed by atoms with Crippen molar-refractivity contribution in [3.8, 4) is 0 Å². The molecule has 0 radical (unpaired) electrons. The van der Waals surface area contributed by atoms with Crippen molar-refractivity contribution < 1.29 is 19.1 Å². The predicted molar refractivity (Wildman–Crippen MR) is 65.6 cm³/mol. The van der Waals surface area contributed by atoms with Gasteiger partial charge in [0.1, 0.15) is 0 Å². The van der Waals surface area contributed by atoms with E-state index in [2.05, 4.69) is 0 Å². The summed E-state index contributed by atoms with van der Waals surface area (Å²) in [5.41, 5.74) is 5.57. The van der Waals surface area contributed by atoms with Crippen LogP contribution >= 0.6 is 0 Å². The number of carbonyl (C=O) groups excluding carboxylic acids is 2. The van der Waals surface area contributed by atoms with Gasteiger partial charge in [0.2, 0.25) is 6.79 Å². The van der Waals surface area contributed by atoms with Gasteiger partial charge in [-0.25, -0.2) is 4.79 Å². The van der Waals surface area contributed by atoms with Gasteiger partial charge in [-0.2, -0.15) is 0 Å². The van der Waals surface area contributed by atoms with Crippen LogP contribution in [-0.4, -0.2) is 43.4 Å². The highest BCUT2D eigenvalue weighted by atomic mass is 16.7. The van der Waals surface area contributed by atoms with E-state index < -0.39 is 6.09 Å². The quantitative estimate of drug-likeness (QED) is 0.599. The molecule has 0 aliphatic carbocycles. The van der Waals surface area contributed by atoms with Crippen LogP contribution in [0.2, 0.25) is 0 Å². The van der Waals surface area contributed by atoms with E-state index in [4.69, 9.17) is 15.2 Å². The topological polar surface area (TPSA) is 81.9 Å². The lowest BCUT2D eigenvalue weighted by atomic mass is 9.97. The summed E-state index contributed by atoms with van der Waals surface area (Å²) in [5.74, 6) is -0.0959. The summed E-state index contributed by atoms with van der Waals surface area (Å²) in [6, 6.07) is 0. The van der Waals surface area contributed by atoms with Crippen LogP contribution in [0.3, 0.4) is 0 Å². The standard InChI is InChI=1S/C12H22N2O4/c1-9(2)11(15)17-8-18-12(16)14-5-3-10(7-13)4-6-14/h9-10H,3-8,13H2,1-2H3. The highest BCUT2D eigenvalue weighted by molar-refractivity contribution is 5.72. The van der Waals surface area contributed by atoms with Gasteiger partial charge < -0.3 is 20.1 Å². The smallest absolute Gasteiger partial charge is 0.412 e. The molecule has 1 saturated heterocycles. The summed E-state index contributed by atoms with van der Waals surface area (Å²) in [4.78, 5) is 24.4. The Hall–Kier alpha value is -1.30. The Bertz CT molecular complexity index is 286. The number of hydrogen-bond acceptors (Lipinski definition) is 5. The van der Waals surface area contributed by atoms with Crippen molar-refractivity contribution in [3.05, 3.63) is 0 Å². The van der Waals surface area contributed by atoms with E-state index in [-0.39, 0.29) is 18.7 Å². The van der Waals surface area contributed by atoms with E-state index >= 15 is 0 Å². The van der Waals surface area contributed by atoms with Gasteiger partial charge in [0.05, 0.1) is 5.92 Å². The molecule has 0 aromatic heterocycles. The molecule has 0 aromatic carbocycles. The molecule has 6 heteroatoms. The maximum atomic E-state index is 11.6. The molecule has 104 valence electrons. The number of esters is 1. The van der Waals surface area contributed by atoms with Gasteiger partial charge in [-0.05, 0) is 25.3 Å². The van der Waals surface area contributed by atoms with Gasteiger partial charge in [-0.3, -0.25) is 4.79 Å². The summed E-state index contributed by atoms with van der Waals surface area (Å²) in [7, 11) is 0. The number of likely N-dealkylation sites (tertiary alicyclic amines) is 1. The third kappa shape index (κ3) is 4.52. The van der Waals surface area contributed by atoms with Gasteiger partial charge in [0.15, 0.2) is 0 Å². The monoisotopic (exact) mass is 258 g/mol. The fourth-order valence-electron chi connectivity index (χ4n) is 1.75. The first-order chi connectivity index (χ1) is 8.54. The molecule has 1 amide bonds. The van der Waals surface area contributed by atoms with Crippen LogP contribution in [0.4, 0.5) is 4.79 Å². The maximum absolute atomic E-state index is 11.6. The molecule has 0 bridgehead atoms. The van der Waals surface area contributed by atoms with Crippen LogP contribution in [0.5, 0.6) is 0 Å². The van der Waals surface area contributed by atoms with Gasteiger partial charge in [0, 0.05) is 13.1 Å². The molecule has 1 aliphatic heterocycles. The fraction of sp³-hybridized carbons (Fsp3) is 0.833. The Morgan fingerprint density at radius 2 is 1.89 bits per heavy atom. The molecule has 1 aliphatic rings. The van der Waals surface area contributed by atoms with Crippen molar-refractivity contribution in [2.45, 2.75) is 26.7 Å². The van der Waals surface area contributed by atoms with Crippen molar-refractivity contribution >= 4 is 12.1 Å². The Balaban J connectivity index is 2.20. The van der Waals surface area contributed by atoms with E-state index in [1.54, 1.807) is 18.7 Å². The third-order valence-corrected chi connectivity index (χ3v) is 3.06. The molecule has 18 heavy (non-hydrogen) atoms. The number of nitrogens with two attached hydrogens (primary N) is 1. The Labute approximate surface area is 107 Å². The second-order valence-electron chi connectivity index (χ2n) is 4.81. The van der Waals surface area contributed by atoms with Crippen LogP contribution in [0, 0.1) is 11.8 Å². The van der Waals surface area contributed by atoms with E-state index in [1.807, 2.05) is 0 Å². The number of piperidine rings is 1. The number of rotatable bonds is 4. The van der Waals surface area contributed by atoms with Gasteiger partial charge >= 0.3 is 12.1 Å². The van der Waals surface area contributed by atoms with Gasteiger partial charge in [0.25, 0.3) is 0 Å². The second-order valence-corrected chi connectivity index (χ2v) is 4.81. The molecule has 1 rings (SSSR count). The molecule has 6 nitrogen and oxygen atoms in total. The van der Waals surface area contributed by atoms with E-state index in [0.29, 0.717) is 25.6 Å². The second kappa shape index (κ2) is 7.20. The SMILES string of the molecule is CC(C)C(=O)OCOC(=O)N1CCC(CN)CC1. The van der Waals surface area contributed by atoms with Crippen molar-refractivity contribution in [1.29, 1.82) is 0 Å². The van der Waals surface area contributed by atoms with Crippen molar-refractivity contribution in [2.75, 3.05) is 26.4 Å². The van der Waals surface area contributed by atoms with Gasteiger partial charge in [-0.1, -0.05) is 13.8 Å². The minimum atomic E-state index is -0.429. The molecular formula is C12H22N2O4. The van der Waals surface area contributed by atoms with E-state index in [0.717, 1.165) is 12.8 Å². The molecule has 0 spiro atoms. The molecule has 1 fully saturated rings. The highest BCUT2D eigenvalue weighted by Crippen LogP contribution is 2.16. The van der Waals surface area contributed by atoms with Crippen LogP contribution in [0.1, 0.15) is 26.7 Å². The van der Waals surface area contributed by atoms with Crippen LogP contribution < -0.4 is 5.73 Å². The average molecular weight is 258 g/mol. The molecule has 0 aromatic rings. The summed E-state index contributed by atoms with van der Waals surface area (Å²) in [6.07, 6.45) is 1.37. The molecule has 0 unspecified atom stereocenters. The Kier molecular flexibility index (Phi) is 5.91. The number of ether oxygens (including phenoxy) is 2. The third-order valence-electron chi connectivity index (χ3n) is 3.06. The number of carbonyl (C=O) groups is 2. The first-order valence-corrected chi connectivity index (χ1v) is 6.33. The molecular weight excluding hydrogens is 236 g/mol. The lowest BCUT2D eigenvalue weighted by molar-refractivity contribution is -0.156. The maximum Gasteiger partial charge on any atom is 0.412 e. The lowest BCUT2D eigenvalue weighted by Gasteiger charge is -2.30. The van der Waals surface area contributed by atoms with Crippen LogP contribution in [-0.2, 0) is 14.3 Å². The first kappa shape index (κ1) is 14.8. The zero-order valence-electron chi connectivity index (χ0n) is 11.1. The summed E-state index contributed by atoms with van der Waals surface area (Å²) in [5, 5.41) is 0. The predicted octanol–water partition coefficient (Wildman–Crippen LogP) is 0.950.